The Morgan fingerprint density at radius 2 is 1.90 bits per heavy atom. The van der Waals surface area contributed by atoms with Crippen LogP contribution in [0.3, 0.4) is 0 Å². The highest BCUT2D eigenvalue weighted by atomic mass is 16.5. The molecule has 3 aromatic rings. The number of benzene rings is 2. The predicted octanol–water partition coefficient (Wildman–Crippen LogP) is 5.52. The Morgan fingerprint density at radius 1 is 1.13 bits per heavy atom. The van der Waals surface area contributed by atoms with E-state index in [0.717, 1.165) is 47.3 Å². The lowest BCUT2D eigenvalue weighted by atomic mass is 10.1. The molecule has 0 aliphatic carbocycles. The Kier molecular flexibility index (Phi) is 6.97. The summed E-state index contributed by atoms with van der Waals surface area (Å²) in [6.45, 7) is 8.08. The van der Waals surface area contributed by atoms with Gasteiger partial charge in [-0.05, 0) is 50.1 Å². The summed E-state index contributed by atoms with van der Waals surface area (Å²) in [4.78, 5) is 12.0. The third-order valence-electron chi connectivity index (χ3n) is 5.01. The first-order valence-electron chi connectivity index (χ1n) is 10.5. The van der Waals surface area contributed by atoms with E-state index in [0.29, 0.717) is 24.4 Å². The molecule has 0 fully saturated rings. The first-order chi connectivity index (χ1) is 14.6. The number of hydrogen-bond acceptors (Lipinski definition) is 3. The SMILES string of the molecule is CCCCNC(=O)Nc1ccc(-c2c(C#N)c3ccc(OCC)cc3n2CC)cc1. The van der Waals surface area contributed by atoms with Crippen LogP contribution in [0, 0.1) is 11.3 Å². The molecule has 0 saturated heterocycles. The van der Waals surface area contributed by atoms with Crippen molar-refractivity contribution in [1.82, 2.24) is 9.88 Å². The number of fused-ring (bicyclic) bond motifs is 1. The summed E-state index contributed by atoms with van der Waals surface area (Å²) < 4.78 is 7.78. The van der Waals surface area contributed by atoms with E-state index in [1.54, 1.807) is 0 Å². The second-order valence-corrected chi connectivity index (χ2v) is 7.00. The van der Waals surface area contributed by atoms with Gasteiger partial charge in [-0.15, -0.1) is 0 Å². The number of anilines is 1. The van der Waals surface area contributed by atoms with Crippen LogP contribution in [0.15, 0.2) is 42.5 Å². The molecular formula is C24H28N4O2. The van der Waals surface area contributed by atoms with E-state index in [9.17, 15) is 10.1 Å². The van der Waals surface area contributed by atoms with Crippen molar-refractivity contribution in [3.05, 3.63) is 48.0 Å². The molecule has 1 heterocycles. The van der Waals surface area contributed by atoms with Gasteiger partial charge in [-0.1, -0.05) is 25.5 Å². The fourth-order valence-electron chi connectivity index (χ4n) is 3.59. The summed E-state index contributed by atoms with van der Waals surface area (Å²) in [5.74, 6) is 0.793. The summed E-state index contributed by atoms with van der Waals surface area (Å²) in [7, 11) is 0. The number of aryl methyl sites for hydroxylation is 1. The molecule has 2 N–H and O–H groups in total. The van der Waals surface area contributed by atoms with E-state index >= 15 is 0 Å². The third-order valence-corrected chi connectivity index (χ3v) is 5.01. The fraction of sp³-hybridized carbons (Fsp3) is 0.333. The Morgan fingerprint density at radius 3 is 2.53 bits per heavy atom. The highest BCUT2D eigenvalue weighted by molar-refractivity contribution is 5.95. The standard InChI is InChI=1S/C24H28N4O2/c1-4-7-14-26-24(29)27-18-10-8-17(9-11-18)23-21(16-25)20-13-12-19(30-6-3)15-22(20)28(23)5-2/h8-13,15H,4-7,14H2,1-3H3,(H2,26,27,29). The van der Waals surface area contributed by atoms with Crippen LogP contribution in [0.25, 0.3) is 22.2 Å². The van der Waals surface area contributed by atoms with Crippen LogP contribution in [0.4, 0.5) is 10.5 Å². The quantitative estimate of drug-likeness (QED) is 0.485. The van der Waals surface area contributed by atoms with Gasteiger partial charge in [0.2, 0.25) is 0 Å². The van der Waals surface area contributed by atoms with Gasteiger partial charge in [0.1, 0.15) is 11.8 Å². The summed E-state index contributed by atoms with van der Waals surface area (Å²) in [6.07, 6.45) is 1.99. The molecule has 6 nitrogen and oxygen atoms in total. The van der Waals surface area contributed by atoms with Crippen molar-refractivity contribution in [2.45, 2.75) is 40.2 Å². The molecule has 0 spiro atoms. The number of carbonyl (C=O) groups is 1. The number of nitriles is 1. The molecule has 0 radical (unpaired) electrons. The topological polar surface area (TPSA) is 79.1 Å². The highest BCUT2D eigenvalue weighted by Gasteiger charge is 2.18. The van der Waals surface area contributed by atoms with Crippen LogP contribution in [-0.2, 0) is 6.54 Å². The molecule has 0 bridgehead atoms. The van der Waals surface area contributed by atoms with Crippen molar-refractivity contribution in [2.75, 3.05) is 18.5 Å². The average Bonchev–Trinajstić information content (AvgIpc) is 3.07. The van der Waals surface area contributed by atoms with Gasteiger partial charge >= 0.3 is 6.03 Å². The lowest BCUT2D eigenvalue weighted by Gasteiger charge is -2.11. The zero-order valence-corrected chi connectivity index (χ0v) is 17.8. The number of rotatable bonds is 8. The molecular weight excluding hydrogens is 376 g/mol. The average molecular weight is 405 g/mol. The maximum atomic E-state index is 12.0. The minimum Gasteiger partial charge on any atom is -0.494 e. The van der Waals surface area contributed by atoms with Gasteiger partial charge in [0, 0.05) is 30.2 Å². The molecule has 3 rings (SSSR count). The summed E-state index contributed by atoms with van der Waals surface area (Å²) in [5, 5.41) is 16.5. The minimum absolute atomic E-state index is 0.208. The van der Waals surface area contributed by atoms with E-state index in [1.165, 1.54) is 0 Å². The zero-order valence-electron chi connectivity index (χ0n) is 17.8. The molecule has 2 amide bonds. The van der Waals surface area contributed by atoms with Crippen molar-refractivity contribution in [1.29, 1.82) is 5.26 Å². The number of aromatic nitrogens is 1. The number of nitrogens with zero attached hydrogens (tertiary/aromatic N) is 2. The monoisotopic (exact) mass is 404 g/mol. The van der Waals surface area contributed by atoms with Crippen molar-refractivity contribution >= 4 is 22.6 Å². The van der Waals surface area contributed by atoms with Crippen LogP contribution in [-0.4, -0.2) is 23.7 Å². The van der Waals surface area contributed by atoms with Gasteiger partial charge in [0.05, 0.1) is 23.4 Å². The van der Waals surface area contributed by atoms with Gasteiger partial charge in [-0.3, -0.25) is 0 Å². The van der Waals surface area contributed by atoms with Crippen LogP contribution >= 0.6 is 0 Å². The molecule has 30 heavy (non-hydrogen) atoms. The van der Waals surface area contributed by atoms with Crippen LogP contribution < -0.4 is 15.4 Å². The fourth-order valence-corrected chi connectivity index (χ4v) is 3.59. The molecule has 156 valence electrons. The number of amides is 2. The number of urea groups is 1. The zero-order chi connectivity index (χ0) is 21.5. The Labute approximate surface area is 177 Å². The largest absolute Gasteiger partial charge is 0.494 e. The number of nitrogens with one attached hydrogen (secondary N) is 2. The number of carbonyl (C=O) groups excluding carboxylic acids is 1. The van der Waals surface area contributed by atoms with E-state index in [-0.39, 0.29) is 6.03 Å². The van der Waals surface area contributed by atoms with E-state index in [1.807, 2.05) is 49.4 Å². The molecule has 2 aromatic carbocycles. The summed E-state index contributed by atoms with van der Waals surface area (Å²) in [5.41, 5.74) is 4.14. The molecule has 0 atom stereocenters. The van der Waals surface area contributed by atoms with Crippen LogP contribution in [0.5, 0.6) is 5.75 Å². The summed E-state index contributed by atoms with van der Waals surface area (Å²) in [6, 6.07) is 15.6. The van der Waals surface area contributed by atoms with E-state index < -0.39 is 0 Å². The molecule has 1 aromatic heterocycles. The first-order valence-corrected chi connectivity index (χ1v) is 10.5. The van der Waals surface area contributed by atoms with Crippen molar-refractivity contribution < 1.29 is 9.53 Å². The number of ether oxygens (including phenoxy) is 1. The first kappa shape index (κ1) is 21.3. The second kappa shape index (κ2) is 9.84. The highest BCUT2D eigenvalue weighted by Crippen LogP contribution is 2.35. The third kappa shape index (κ3) is 4.41. The van der Waals surface area contributed by atoms with Gasteiger partial charge in [-0.25, -0.2) is 4.79 Å². The predicted molar refractivity (Wildman–Crippen MR) is 121 cm³/mol. The normalized spacial score (nSPS) is 10.6. The van der Waals surface area contributed by atoms with Crippen molar-refractivity contribution in [3.8, 4) is 23.1 Å². The minimum atomic E-state index is -0.208. The number of hydrogen-bond donors (Lipinski definition) is 2. The van der Waals surface area contributed by atoms with Gasteiger partial charge in [0.25, 0.3) is 0 Å². The molecule has 0 aliphatic rings. The maximum absolute atomic E-state index is 12.0. The lowest BCUT2D eigenvalue weighted by molar-refractivity contribution is 0.252. The van der Waals surface area contributed by atoms with Gasteiger partial charge in [-0.2, -0.15) is 5.26 Å². The van der Waals surface area contributed by atoms with Crippen molar-refractivity contribution in [2.24, 2.45) is 0 Å². The lowest BCUT2D eigenvalue weighted by Crippen LogP contribution is -2.29. The van der Waals surface area contributed by atoms with Crippen molar-refractivity contribution in [3.63, 3.8) is 0 Å². The van der Waals surface area contributed by atoms with Gasteiger partial charge < -0.3 is 19.9 Å². The number of unbranched alkanes of at least 4 members (excludes halogenated alkanes) is 1. The second-order valence-electron chi connectivity index (χ2n) is 7.00. The van der Waals surface area contributed by atoms with Crippen LogP contribution in [0.1, 0.15) is 39.2 Å². The van der Waals surface area contributed by atoms with Gasteiger partial charge in [0.15, 0.2) is 0 Å². The molecule has 0 unspecified atom stereocenters. The Bertz CT molecular complexity index is 1060. The maximum Gasteiger partial charge on any atom is 0.319 e. The Balaban J connectivity index is 1.94. The molecule has 0 saturated carbocycles. The van der Waals surface area contributed by atoms with Crippen LogP contribution in [0.2, 0.25) is 0 Å². The Hall–Kier alpha value is -3.46. The van der Waals surface area contributed by atoms with E-state index in [2.05, 4.69) is 35.1 Å². The smallest absolute Gasteiger partial charge is 0.319 e. The van der Waals surface area contributed by atoms with E-state index in [4.69, 9.17) is 4.74 Å². The summed E-state index contributed by atoms with van der Waals surface area (Å²) >= 11 is 0. The molecule has 0 aliphatic heterocycles. The molecule has 6 heteroatoms.